The van der Waals surface area contributed by atoms with E-state index in [2.05, 4.69) is 58.1 Å². The first-order valence-corrected chi connectivity index (χ1v) is 6.30. The van der Waals surface area contributed by atoms with E-state index < -0.39 is 0 Å². The van der Waals surface area contributed by atoms with Gasteiger partial charge in [-0.1, -0.05) is 23.8 Å². The first kappa shape index (κ1) is 14.2. The van der Waals surface area contributed by atoms with Crippen molar-refractivity contribution in [3.05, 3.63) is 34.9 Å². The monoisotopic (exact) mass is 235 g/mol. The number of hydrogen-bond donors (Lipinski definition) is 2. The minimum Gasteiger partial charge on any atom is -0.388 e. The van der Waals surface area contributed by atoms with Crippen LogP contribution in [0.1, 0.15) is 50.0 Å². The van der Waals surface area contributed by atoms with Gasteiger partial charge in [-0.3, -0.25) is 0 Å². The predicted molar refractivity (Wildman–Crippen MR) is 73.2 cm³/mol. The molecule has 0 amide bonds. The van der Waals surface area contributed by atoms with Crippen LogP contribution >= 0.6 is 0 Å². The van der Waals surface area contributed by atoms with Gasteiger partial charge < -0.3 is 10.4 Å². The van der Waals surface area contributed by atoms with E-state index in [1.54, 1.807) is 0 Å². The minimum atomic E-state index is -0.371. The molecule has 1 rings (SSSR count). The lowest BCUT2D eigenvalue weighted by atomic mass is 9.98. The van der Waals surface area contributed by atoms with Crippen molar-refractivity contribution in [1.29, 1.82) is 0 Å². The number of benzene rings is 1. The Bertz CT molecular complexity index is 366. The van der Waals surface area contributed by atoms with Gasteiger partial charge in [0.2, 0.25) is 0 Å². The molecule has 0 aliphatic rings. The Hall–Kier alpha value is -0.860. The SMILES string of the molecule is Cc1ccc(C)c(C(O)CCNC(C)(C)C)c1. The molecule has 1 aromatic carbocycles. The standard InChI is InChI=1S/C15H25NO/c1-11-6-7-12(2)13(10-11)14(17)8-9-16-15(3,4)5/h6-7,10,14,16-17H,8-9H2,1-5H3. The Morgan fingerprint density at radius 1 is 1.24 bits per heavy atom. The van der Waals surface area contributed by atoms with Crippen molar-refractivity contribution in [3.63, 3.8) is 0 Å². The molecule has 1 unspecified atom stereocenters. The summed E-state index contributed by atoms with van der Waals surface area (Å²) >= 11 is 0. The Labute approximate surface area is 105 Å². The van der Waals surface area contributed by atoms with Gasteiger partial charge in [0.05, 0.1) is 6.10 Å². The van der Waals surface area contributed by atoms with Crippen molar-refractivity contribution in [3.8, 4) is 0 Å². The molecule has 1 aromatic rings. The summed E-state index contributed by atoms with van der Waals surface area (Å²) < 4.78 is 0. The number of nitrogens with one attached hydrogen (secondary N) is 1. The Morgan fingerprint density at radius 2 is 1.88 bits per heavy atom. The van der Waals surface area contributed by atoms with Gasteiger partial charge in [0.1, 0.15) is 0 Å². The molecule has 2 N–H and O–H groups in total. The second-order valence-electron chi connectivity index (χ2n) is 5.84. The molecule has 0 bridgehead atoms. The molecule has 0 radical (unpaired) electrons. The van der Waals surface area contributed by atoms with Crippen molar-refractivity contribution < 1.29 is 5.11 Å². The maximum atomic E-state index is 10.2. The molecule has 0 saturated heterocycles. The quantitative estimate of drug-likeness (QED) is 0.840. The van der Waals surface area contributed by atoms with Crippen molar-refractivity contribution >= 4 is 0 Å². The first-order valence-electron chi connectivity index (χ1n) is 6.30. The second kappa shape index (κ2) is 5.65. The largest absolute Gasteiger partial charge is 0.388 e. The molecule has 0 saturated carbocycles. The number of aryl methyl sites for hydroxylation is 2. The molecule has 0 spiro atoms. The number of hydrogen-bond acceptors (Lipinski definition) is 2. The van der Waals surface area contributed by atoms with Crippen molar-refractivity contribution in [2.24, 2.45) is 0 Å². The molecule has 0 fully saturated rings. The zero-order valence-corrected chi connectivity index (χ0v) is 11.7. The lowest BCUT2D eigenvalue weighted by molar-refractivity contribution is 0.162. The fraction of sp³-hybridized carbons (Fsp3) is 0.600. The van der Waals surface area contributed by atoms with Crippen molar-refractivity contribution in [2.75, 3.05) is 6.54 Å². The van der Waals surface area contributed by atoms with Crippen LogP contribution in [0.15, 0.2) is 18.2 Å². The summed E-state index contributed by atoms with van der Waals surface area (Å²) in [6, 6.07) is 6.24. The highest BCUT2D eigenvalue weighted by molar-refractivity contribution is 5.32. The third-order valence-electron chi connectivity index (χ3n) is 2.87. The van der Waals surface area contributed by atoms with Crippen LogP contribution in [0, 0.1) is 13.8 Å². The molecule has 0 aliphatic heterocycles. The molecular formula is C15H25NO. The van der Waals surface area contributed by atoms with Gasteiger partial charge in [0, 0.05) is 5.54 Å². The summed E-state index contributed by atoms with van der Waals surface area (Å²) in [7, 11) is 0. The maximum absolute atomic E-state index is 10.2. The molecule has 2 heteroatoms. The van der Waals surface area contributed by atoms with Gasteiger partial charge in [-0.25, -0.2) is 0 Å². The molecule has 0 aliphatic carbocycles. The number of rotatable bonds is 4. The van der Waals surface area contributed by atoms with E-state index in [4.69, 9.17) is 0 Å². The van der Waals surface area contributed by atoms with E-state index in [0.717, 1.165) is 18.5 Å². The van der Waals surface area contributed by atoms with Crippen LogP contribution in [0.3, 0.4) is 0 Å². The molecule has 2 nitrogen and oxygen atoms in total. The van der Waals surface area contributed by atoms with Gasteiger partial charge in [0.25, 0.3) is 0 Å². The lowest BCUT2D eigenvalue weighted by Crippen LogP contribution is -2.36. The van der Waals surface area contributed by atoms with E-state index in [1.165, 1.54) is 11.1 Å². The normalized spacial score (nSPS) is 13.8. The first-order chi connectivity index (χ1) is 7.79. The van der Waals surface area contributed by atoms with E-state index in [-0.39, 0.29) is 11.6 Å². The molecule has 0 aromatic heterocycles. The average Bonchev–Trinajstić information content (AvgIpc) is 2.19. The topological polar surface area (TPSA) is 32.3 Å². The van der Waals surface area contributed by atoms with Crippen LogP contribution in [-0.2, 0) is 0 Å². The third kappa shape index (κ3) is 4.88. The highest BCUT2D eigenvalue weighted by Gasteiger charge is 2.13. The summed E-state index contributed by atoms with van der Waals surface area (Å²) in [6.45, 7) is 11.3. The summed E-state index contributed by atoms with van der Waals surface area (Å²) in [5.74, 6) is 0. The number of aliphatic hydroxyl groups is 1. The average molecular weight is 235 g/mol. The summed E-state index contributed by atoms with van der Waals surface area (Å²) in [4.78, 5) is 0. The van der Waals surface area contributed by atoms with Gasteiger partial charge in [-0.15, -0.1) is 0 Å². The van der Waals surface area contributed by atoms with Crippen LogP contribution in [0.5, 0.6) is 0 Å². The van der Waals surface area contributed by atoms with Gasteiger partial charge in [-0.2, -0.15) is 0 Å². The van der Waals surface area contributed by atoms with Crippen LogP contribution in [0.2, 0.25) is 0 Å². The van der Waals surface area contributed by atoms with Crippen LogP contribution < -0.4 is 5.32 Å². The van der Waals surface area contributed by atoms with E-state index in [0.29, 0.717) is 0 Å². The van der Waals surface area contributed by atoms with Crippen molar-refractivity contribution in [2.45, 2.75) is 52.7 Å². The summed E-state index contributed by atoms with van der Waals surface area (Å²) in [6.07, 6.45) is 0.381. The highest BCUT2D eigenvalue weighted by atomic mass is 16.3. The Balaban J connectivity index is 2.58. The lowest BCUT2D eigenvalue weighted by Gasteiger charge is -2.22. The fourth-order valence-corrected chi connectivity index (χ4v) is 1.86. The Morgan fingerprint density at radius 3 is 2.47 bits per heavy atom. The van der Waals surface area contributed by atoms with Crippen LogP contribution in [0.4, 0.5) is 0 Å². The zero-order chi connectivity index (χ0) is 13.1. The van der Waals surface area contributed by atoms with Gasteiger partial charge in [0.15, 0.2) is 0 Å². The zero-order valence-electron chi connectivity index (χ0n) is 11.7. The summed E-state index contributed by atoms with van der Waals surface area (Å²) in [5.41, 5.74) is 3.54. The van der Waals surface area contributed by atoms with Crippen molar-refractivity contribution in [1.82, 2.24) is 5.32 Å². The van der Waals surface area contributed by atoms with E-state index in [1.807, 2.05) is 0 Å². The van der Waals surface area contributed by atoms with Crippen LogP contribution in [0.25, 0.3) is 0 Å². The number of aliphatic hydroxyl groups excluding tert-OH is 1. The van der Waals surface area contributed by atoms with Crippen LogP contribution in [-0.4, -0.2) is 17.2 Å². The third-order valence-corrected chi connectivity index (χ3v) is 2.87. The molecule has 0 heterocycles. The van der Waals surface area contributed by atoms with E-state index in [9.17, 15) is 5.11 Å². The minimum absolute atomic E-state index is 0.112. The predicted octanol–water partition coefficient (Wildman–Crippen LogP) is 3.12. The molecular weight excluding hydrogens is 210 g/mol. The smallest absolute Gasteiger partial charge is 0.0804 e. The maximum Gasteiger partial charge on any atom is 0.0804 e. The fourth-order valence-electron chi connectivity index (χ4n) is 1.86. The second-order valence-corrected chi connectivity index (χ2v) is 5.84. The Kier molecular flexibility index (Phi) is 4.72. The van der Waals surface area contributed by atoms with E-state index >= 15 is 0 Å². The molecule has 1 atom stereocenters. The van der Waals surface area contributed by atoms with Gasteiger partial charge in [-0.05, 0) is 58.7 Å². The highest BCUT2D eigenvalue weighted by Crippen LogP contribution is 2.21. The molecule has 17 heavy (non-hydrogen) atoms. The summed E-state index contributed by atoms with van der Waals surface area (Å²) in [5, 5.41) is 13.6. The van der Waals surface area contributed by atoms with Gasteiger partial charge >= 0.3 is 0 Å². The molecule has 96 valence electrons.